The molecule has 2 N–H and O–H groups in total. The molecule has 0 spiro atoms. The number of piperazine rings is 1. The van der Waals surface area contributed by atoms with E-state index in [0.717, 1.165) is 6.54 Å². The van der Waals surface area contributed by atoms with Crippen molar-refractivity contribution in [3.05, 3.63) is 35.9 Å². The van der Waals surface area contributed by atoms with E-state index in [1.165, 1.54) is 0 Å². The first-order valence-corrected chi connectivity index (χ1v) is 6.51. The van der Waals surface area contributed by atoms with Gasteiger partial charge in [0.1, 0.15) is 0 Å². The van der Waals surface area contributed by atoms with Gasteiger partial charge in [0.05, 0.1) is 6.54 Å². The van der Waals surface area contributed by atoms with E-state index in [-0.39, 0.29) is 30.8 Å². The van der Waals surface area contributed by atoms with Crippen LogP contribution in [0.5, 0.6) is 0 Å². The van der Waals surface area contributed by atoms with Gasteiger partial charge in [-0.05, 0) is 19.1 Å². The minimum Gasteiger partial charge on any atom is -0.343 e. The molecule has 0 saturated carbocycles. The lowest BCUT2D eigenvalue weighted by Gasteiger charge is -2.31. The fourth-order valence-corrected chi connectivity index (χ4v) is 2.12. The number of halogens is 1. The molecule has 6 heteroatoms. The summed E-state index contributed by atoms with van der Waals surface area (Å²) < 4.78 is 0. The van der Waals surface area contributed by atoms with Gasteiger partial charge in [0.2, 0.25) is 5.91 Å². The molecule has 2 rings (SSSR count). The number of benzene rings is 1. The second-order valence-corrected chi connectivity index (χ2v) is 4.74. The lowest BCUT2D eigenvalue weighted by molar-refractivity contribution is -0.131. The summed E-state index contributed by atoms with van der Waals surface area (Å²) in [5.41, 5.74) is 0.573. The summed E-state index contributed by atoms with van der Waals surface area (Å²) in [6.45, 7) is 4.30. The lowest BCUT2D eigenvalue weighted by Crippen LogP contribution is -2.53. The zero-order valence-electron chi connectivity index (χ0n) is 11.5. The number of carbonyl (C=O) groups is 2. The third kappa shape index (κ3) is 4.51. The summed E-state index contributed by atoms with van der Waals surface area (Å²) in [6.07, 6.45) is 0. The van der Waals surface area contributed by atoms with Crippen LogP contribution in [0.4, 0.5) is 0 Å². The van der Waals surface area contributed by atoms with Gasteiger partial charge >= 0.3 is 0 Å². The molecule has 1 saturated heterocycles. The van der Waals surface area contributed by atoms with E-state index in [1.54, 1.807) is 29.2 Å². The van der Waals surface area contributed by atoms with Crippen LogP contribution in [0.15, 0.2) is 30.3 Å². The van der Waals surface area contributed by atoms with E-state index in [2.05, 4.69) is 10.6 Å². The van der Waals surface area contributed by atoms with Gasteiger partial charge in [0.15, 0.2) is 0 Å². The molecule has 1 heterocycles. The van der Waals surface area contributed by atoms with Crippen molar-refractivity contribution in [2.24, 2.45) is 0 Å². The molecule has 1 aromatic rings. The largest absolute Gasteiger partial charge is 0.343 e. The van der Waals surface area contributed by atoms with E-state index >= 15 is 0 Å². The van der Waals surface area contributed by atoms with Gasteiger partial charge in [0, 0.05) is 31.2 Å². The third-order valence-corrected chi connectivity index (χ3v) is 3.16. The molecule has 0 radical (unpaired) electrons. The van der Waals surface area contributed by atoms with Crippen molar-refractivity contribution in [1.29, 1.82) is 0 Å². The minimum atomic E-state index is -0.211. The number of nitrogens with one attached hydrogen (secondary N) is 2. The normalized spacial score (nSPS) is 18.1. The molecule has 1 fully saturated rings. The first kappa shape index (κ1) is 16.5. The van der Waals surface area contributed by atoms with Gasteiger partial charge in [0.25, 0.3) is 5.91 Å². The fourth-order valence-electron chi connectivity index (χ4n) is 2.12. The van der Waals surface area contributed by atoms with Crippen molar-refractivity contribution in [2.75, 3.05) is 26.2 Å². The Kier molecular flexibility index (Phi) is 6.48. The number of nitrogens with zero attached hydrogens (tertiary/aromatic N) is 1. The highest BCUT2D eigenvalue weighted by Gasteiger charge is 2.20. The predicted octanol–water partition coefficient (Wildman–Crippen LogP) is 0.658. The maximum absolute atomic E-state index is 12.0. The van der Waals surface area contributed by atoms with Crippen molar-refractivity contribution >= 4 is 24.2 Å². The zero-order chi connectivity index (χ0) is 13.7. The Morgan fingerprint density at radius 3 is 2.70 bits per heavy atom. The highest BCUT2D eigenvalue weighted by molar-refractivity contribution is 5.96. The Bertz CT molecular complexity index is 453. The van der Waals surface area contributed by atoms with Gasteiger partial charge in [-0.2, -0.15) is 0 Å². The number of hydrogen-bond donors (Lipinski definition) is 2. The van der Waals surface area contributed by atoms with Crippen LogP contribution in [0.2, 0.25) is 0 Å². The summed E-state index contributed by atoms with van der Waals surface area (Å²) >= 11 is 0. The van der Waals surface area contributed by atoms with Gasteiger partial charge in [-0.1, -0.05) is 18.2 Å². The molecule has 0 bridgehead atoms. The Morgan fingerprint density at radius 2 is 2.05 bits per heavy atom. The Balaban J connectivity index is 0.00000200. The summed E-state index contributed by atoms with van der Waals surface area (Å²) in [7, 11) is 0. The van der Waals surface area contributed by atoms with Crippen LogP contribution in [0.1, 0.15) is 17.3 Å². The second kappa shape index (κ2) is 7.87. The number of carbonyl (C=O) groups excluding carboxylic acids is 2. The zero-order valence-corrected chi connectivity index (χ0v) is 12.3. The molecule has 0 aromatic heterocycles. The molecule has 1 aliphatic heterocycles. The van der Waals surface area contributed by atoms with Crippen LogP contribution < -0.4 is 10.6 Å². The standard InChI is InChI=1S/C14H19N3O2.ClH/c1-11-10-17(8-7-15-11)13(18)9-16-14(19)12-5-3-2-4-6-12;/h2-6,11,15H,7-10H2,1H3,(H,16,19);1H/t11-;/m0./s1. The highest BCUT2D eigenvalue weighted by atomic mass is 35.5. The molecule has 1 atom stereocenters. The molecule has 110 valence electrons. The molecule has 0 unspecified atom stereocenters. The molecule has 5 nitrogen and oxygen atoms in total. The van der Waals surface area contributed by atoms with E-state index < -0.39 is 0 Å². The molecule has 1 aliphatic rings. The maximum atomic E-state index is 12.0. The highest BCUT2D eigenvalue weighted by Crippen LogP contribution is 2.00. The second-order valence-electron chi connectivity index (χ2n) is 4.74. The van der Waals surface area contributed by atoms with Crippen molar-refractivity contribution in [3.63, 3.8) is 0 Å². The van der Waals surface area contributed by atoms with E-state index in [0.29, 0.717) is 24.7 Å². The van der Waals surface area contributed by atoms with Gasteiger partial charge in [-0.25, -0.2) is 0 Å². The molecular weight excluding hydrogens is 278 g/mol. The minimum absolute atomic E-state index is 0. The molecule has 0 aliphatic carbocycles. The van der Waals surface area contributed by atoms with E-state index in [4.69, 9.17) is 0 Å². The summed E-state index contributed by atoms with van der Waals surface area (Å²) in [4.78, 5) is 25.5. The lowest BCUT2D eigenvalue weighted by atomic mass is 10.2. The van der Waals surface area contributed by atoms with Crippen molar-refractivity contribution < 1.29 is 9.59 Å². The fraction of sp³-hybridized carbons (Fsp3) is 0.429. The molecule has 2 amide bonds. The van der Waals surface area contributed by atoms with Crippen LogP contribution in [-0.2, 0) is 4.79 Å². The smallest absolute Gasteiger partial charge is 0.251 e. The molecule has 1 aromatic carbocycles. The van der Waals surface area contributed by atoms with Gasteiger partial charge in [-0.15, -0.1) is 12.4 Å². The predicted molar refractivity (Wildman–Crippen MR) is 80.1 cm³/mol. The summed E-state index contributed by atoms with van der Waals surface area (Å²) in [6, 6.07) is 9.22. The quantitative estimate of drug-likeness (QED) is 0.861. The average Bonchev–Trinajstić information content (AvgIpc) is 2.45. The molecule has 20 heavy (non-hydrogen) atoms. The summed E-state index contributed by atoms with van der Waals surface area (Å²) in [5.74, 6) is -0.241. The SMILES string of the molecule is C[C@H]1CN(C(=O)CNC(=O)c2ccccc2)CCN1.Cl. The average molecular weight is 298 g/mol. The van der Waals surface area contributed by atoms with Gasteiger partial charge in [-0.3, -0.25) is 9.59 Å². The first-order chi connectivity index (χ1) is 9.16. The number of hydrogen-bond acceptors (Lipinski definition) is 3. The maximum Gasteiger partial charge on any atom is 0.251 e. The molecular formula is C14H20ClN3O2. The monoisotopic (exact) mass is 297 g/mol. The first-order valence-electron chi connectivity index (χ1n) is 6.51. The van der Waals surface area contributed by atoms with E-state index in [1.807, 2.05) is 13.0 Å². The number of rotatable bonds is 3. The van der Waals surface area contributed by atoms with Crippen LogP contribution in [0, 0.1) is 0 Å². The van der Waals surface area contributed by atoms with Crippen LogP contribution in [-0.4, -0.2) is 48.9 Å². The Morgan fingerprint density at radius 1 is 1.35 bits per heavy atom. The van der Waals surface area contributed by atoms with E-state index in [9.17, 15) is 9.59 Å². The van der Waals surface area contributed by atoms with Crippen molar-refractivity contribution in [2.45, 2.75) is 13.0 Å². The topological polar surface area (TPSA) is 61.4 Å². The van der Waals surface area contributed by atoms with Crippen molar-refractivity contribution in [1.82, 2.24) is 15.5 Å². The summed E-state index contributed by atoms with van der Waals surface area (Å²) in [5, 5.41) is 5.94. The van der Waals surface area contributed by atoms with Gasteiger partial charge < -0.3 is 15.5 Å². The Labute approximate surface area is 125 Å². The van der Waals surface area contributed by atoms with Crippen LogP contribution in [0.25, 0.3) is 0 Å². The van der Waals surface area contributed by atoms with Crippen LogP contribution in [0.3, 0.4) is 0 Å². The van der Waals surface area contributed by atoms with Crippen molar-refractivity contribution in [3.8, 4) is 0 Å². The van der Waals surface area contributed by atoms with Crippen LogP contribution >= 0.6 is 12.4 Å². The number of amides is 2. The third-order valence-electron chi connectivity index (χ3n) is 3.16. The Hall–Kier alpha value is -1.59.